The van der Waals surface area contributed by atoms with Crippen molar-refractivity contribution in [3.63, 3.8) is 0 Å². The molecule has 0 bridgehead atoms. The molecular formula is C14H16F2N2O4. The topological polar surface area (TPSA) is 78.9 Å². The molecule has 1 heterocycles. The van der Waals surface area contributed by atoms with E-state index in [1.54, 1.807) is 4.90 Å². The predicted molar refractivity (Wildman–Crippen MR) is 73.4 cm³/mol. The summed E-state index contributed by atoms with van der Waals surface area (Å²) >= 11 is 0. The summed E-state index contributed by atoms with van der Waals surface area (Å²) in [6.45, 7) is 1.63. The third-order valence-electron chi connectivity index (χ3n) is 3.36. The fraction of sp³-hybridized carbons (Fsp3) is 0.429. The van der Waals surface area contributed by atoms with Crippen molar-refractivity contribution in [3.8, 4) is 0 Å². The molecule has 0 spiro atoms. The van der Waals surface area contributed by atoms with Crippen LogP contribution in [0.15, 0.2) is 18.2 Å². The molecule has 1 unspecified atom stereocenters. The number of halogens is 2. The van der Waals surface area contributed by atoms with E-state index in [9.17, 15) is 23.5 Å². The molecule has 0 aromatic heterocycles. The summed E-state index contributed by atoms with van der Waals surface area (Å²) in [4.78, 5) is 24.9. The van der Waals surface area contributed by atoms with Gasteiger partial charge in [-0.15, -0.1) is 0 Å². The standard InChI is InChI=1S/C14H16F2N2O4/c15-9-1-2-11(10(16)7-9)17-13(19)8-12(14(20)21)18-3-5-22-6-4-18/h1-2,7,12H,3-6,8H2,(H,17,19)(H,20,21). The number of anilines is 1. The van der Waals surface area contributed by atoms with Gasteiger partial charge in [0, 0.05) is 19.2 Å². The van der Waals surface area contributed by atoms with Crippen molar-refractivity contribution in [1.82, 2.24) is 4.90 Å². The third-order valence-corrected chi connectivity index (χ3v) is 3.36. The Hall–Kier alpha value is -2.06. The molecule has 1 aliphatic rings. The van der Waals surface area contributed by atoms with Crippen molar-refractivity contribution >= 4 is 17.6 Å². The van der Waals surface area contributed by atoms with Gasteiger partial charge in [-0.3, -0.25) is 14.5 Å². The average Bonchev–Trinajstić information content (AvgIpc) is 2.48. The Morgan fingerprint density at radius 3 is 2.59 bits per heavy atom. The summed E-state index contributed by atoms with van der Waals surface area (Å²) in [5.74, 6) is -3.44. The minimum Gasteiger partial charge on any atom is -0.480 e. The molecule has 1 atom stereocenters. The minimum absolute atomic E-state index is 0.183. The molecule has 6 nitrogen and oxygen atoms in total. The largest absolute Gasteiger partial charge is 0.480 e. The summed E-state index contributed by atoms with van der Waals surface area (Å²) in [7, 11) is 0. The molecule has 0 radical (unpaired) electrons. The first-order chi connectivity index (χ1) is 10.5. The average molecular weight is 314 g/mol. The number of carboxylic acid groups (broad SMARTS) is 1. The molecule has 8 heteroatoms. The molecule has 0 aliphatic carbocycles. The number of ether oxygens (including phenoxy) is 1. The zero-order valence-electron chi connectivity index (χ0n) is 11.7. The first-order valence-corrected chi connectivity index (χ1v) is 6.77. The van der Waals surface area contributed by atoms with Crippen LogP contribution in [0.3, 0.4) is 0 Å². The number of aliphatic carboxylic acids is 1. The maximum absolute atomic E-state index is 13.5. The molecule has 1 amide bonds. The SMILES string of the molecule is O=C(CC(C(=O)O)N1CCOCC1)Nc1ccc(F)cc1F. The van der Waals surface area contributed by atoms with E-state index in [4.69, 9.17) is 4.74 Å². The van der Waals surface area contributed by atoms with Gasteiger partial charge in [0.2, 0.25) is 5.91 Å². The van der Waals surface area contributed by atoms with Crippen molar-refractivity contribution in [1.29, 1.82) is 0 Å². The number of hydrogen-bond acceptors (Lipinski definition) is 4. The lowest BCUT2D eigenvalue weighted by atomic mass is 10.1. The second-order valence-corrected chi connectivity index (χ2v) is 4.88. The highest BCUT2D eigenvalue weighted by Gasteiger charge is 2.29. The van der Waals surface area contributed by atoms with Gasteiger partial charge in [-0.25, -0.2) is 8.78 Å². The monoisotopic (exact) mass is 314 g/mol. The van der Waals surface area contributed by atoms with Gasteiger partial charge in [0.15, 0.2) is 0 Å². The lowest BCUT2D eigenvalue weighted by Crippen LogP contribution is -2.48. The van der Waals surface area contributed by atoms with Gasteiger partial charge in [-0.1, -0.05) is 0 Å². The van der Waals surface area contributed by atoms with E-state index in [0.29, 0.717) is 32.4 Å². The summed E-state index contributed by atoms with van der Waals surface area (Å²) in [6.07, 6.45) is -0.327. The molecule has 22 heavy (non-hydrogen) atoms. The van der Waals surface area contributed by atoms with Crippen LogP contribution in [0.1, 0.15) is 6.42 Å². The third kappa shape index (κ3) is 4.22. The van der Waals surface area contributed by atoms with E-state index < -0.39 is 29.6 Å². The first-order valence-electron chi connectivity index (χ1n) is 6.77. The first kappa shape index (κ1) is 16.3. The zero-order chi connectivity index (χ0) is 16.1. The normalized spacial score (nSPS) is 17.0. The number of nitrogens with one attached hydrogen (secondary N) is 1. The Morgan fingerprint density at radius 1 is 1.32 bits per heavy atom. The number of carboxylic acids is 1. The van der Waals surface area contributed by atoms with Crippen LogP contribution in [0.4, 0.5) is 14.5 Å². The number of morpholine rings is 1. The van der Waals surface area contributed by atoms with Gasteiger partial charge < -0.3 is 15.2 Å². The van der Waals surface area contributed by atoms with Crippen molar-refractivity contribution < 1.29 is 28.2 Å². The predicted octanol–water partition coefficient (Wildman–Crippen LogP) is 1.08. The van der Waals surface area contributed by atoms with E-state index in [-0.39, 0.29) is 12.1 Å². The van der Waals surface area contributed by atoms with Gasteiger partial charge in [-0.05, 0) is 12.1 Å². The highest BCUT2D eigenvalue weighted by atomic mass is 19.1. The van der Waals surface area contributed by atoms with Crippen LogP contribution in [0, 0.1) is 11.6 Å². The highest BCUT2D eigenvalue weighted by Crippen LogP contribution is 2.16. The minimum atomic E-state index is -1.13. The lowest BCUT2D eigenvalue weighted by molar-refractivity contribution is -0.147. The fourth-order valence-electron chi connectivity index (χ4n) is 2.23. The van der Waals surface area contributed by atoms with Crippen LogP contribution >= 0.6 is 0 Å². The van der Waals surface area contributed by atoms with Gasteiger partial charge in [-0.2, -0.15) is 0 Å². The Kier molecular flexibility index (Phi) is 5.40. The maximum atomic E-state index is 13.5. The molecule has 1 aliphatic heterocycles. The number of nitrogens with zero attached hydrogens (tertiary/aromatic N) is 1. The maximum Gasteiger partial charge on any atom is 0.321 e. The molecule has 1 fully saturated rings. The molecule has 1 aromatic rings. The zero-order valence-corrected chi connectivity index (χ0v) is 11.7. The number of carbonyl (C=O) groups excluding carboxylic acids is 1. The van der Waals surface area contributed by atoms with Gasteiger partial charge >= 0.3 is 5.97 Å². The van der Waals surface area contributed by atoms with Crippen LogP contribution in [-0.2, 0) is 14.3 Å². The van der Waals surface area contributed by atoms with Crippen LogP contribution in [-0.4, -0.2) is 54.2 Å². The smallest absolute Gasteiger partial charge is 0.321 e. The number of carbonyl (C=O) groups is 2. The Balaban J connectivity index is 2.00. The highest BCUT2D eigenvalue weighted by molar-refractivity contribution is 5.94. The van der Waals surface area contributed by atoms with E-state index in [0.717, 1.165) is 12.1 Å². The fourth-order valence-corrected chi connectivity index (χ4v) is 2.23. The van der Waals surface area contributed by atoms with Crippen LogP contribution < -0.4 is 5.32 Å². The van der Waals surface area contributed by atoms with Gasteiger partial charge in [0.25, 0.3) is 0 Å². The van der Waals surface area contributed by atoms with E-state index in [1.807, 2.05) is 0 Å². The van der Waals surface area contributed by atoms with E-state index >= 15 is 0 Å². The number of hydrogen-bond donors (Lipinski definition) is 2. The summed E-state index contributed by atoms with van der Waals surface area (Å²) in [5, 5.41) is 11.5. The van der Waals surface area contributed by atoms with Crippen LogP contribution in [0.5, 0.6) is 0 Å². The van der Waals surface area contributed by atoms with Crippen LogP contribution in [0.2, 0.25) is 0 Å². The van der Waals surface area contributed by atoms with E-state index in [2.05, 4.69) is 5.32 Å². The molecule has 1 saturated heterocycles. The Bertz CT molecular complexity index is 562. The van der Waals surface area contributed by atoms with Crippen molar-refractivity contribution in [3.05, 3.63) is 29.8 Å². The summed E-state index contributed by atoms with van der Waals surface area (Å²) < 4.78 is 31.4. The molecule has 2 N–H and O–H groups in total. The molecular weight excluding hydrogens is 298 g/mol. The molecule has 2 rings (SSSR count). The Morgan fingerprint density at radius 2 is 2.00 bits per heavy atom. The van der Waals surface area contributed by atoms with Gasteiger partial charge in [0.05, 0.1) is 25.3 Å². The van der Waals surface area contributed by atoms with E-state index in [1.165, 1.54) is 0 Å². The van der Waals surface area contributed by atoms with Gasteiger partial charge in [0.1, 0.15) is 17.7 Å². The van der Waals surface area contributed by atoms with Crippen molar-refractivity contribution in [2.45, 2.75) is 12.5 Å². The van der Waals surface area contributed by atoms with Crippen molar-refractivity contribution in [2.75, 3.05) is 31.6 Å². The van der Waals surface area contributed by atoms with Crippen molar-refractivity contribution in [2.24, 2.45) is 0 Å². The van der Waals surface area contributed by atoms with Crippen LogP contribution in [0.25, 0.3) is 0 Å². The summed E-state index contributed by atoms with van der Waals surface area (Å²) in [5.41, 5.74) is -0.183. The Labute approximate surface area is 125 Å². The summed E-state index contributed by atoms with van der Waals surface area (Å²) in [6, 6.07) is 1.74. The quantitative estimate of drug-likeness (QED) is 0.850. The number of amides is 1. The number of benzene rings is 1. The second kappa shape index (κ2) is 7.28. The second-order valence-electron chi connectivity index (χ2n) is 4.88. The molecule has 0 saturated carbocycles. The number of rotatable bonds is 5. The molecule has 120 valence electrons. The molecule has 1 aromatic carbocycles. The lowest BCUT2D eigenvalue weighted by Gasteiger charge is -2.31.